The van der Waals surface area contributed by atoms with Crippen molar-refractivity contribution in [2.45, 2.75) is 6.92 Å². The Morgan fingerprint density at radius 1 is 1.63 bits per heavy atom. The van der Waals surface area contributed by atoms with E-state index in [0.29, 0.717) is 15.9 Å². The lowest BCUT2D eigenvalue weighted by Gasteiger charge is -2.11. The maximum absolute atomic E-state index is 11.7. The molecule has 4 nitrogen and oxygen atoms in total. The van der Waals surface area contributed by atoms with Crippen molar-refractivity contribution in [1.82, 2.24) is 5.32 Å². The van der Waals surface area contributed by atoms with E-state index in [0.717, 1.165) is 22.3 Å². The van der Waals surface area contributed by atoms with Crippen LogP contribution in [0.5, 0.6) is 5.75 Å². The summed E-state index contributed by atoms with van der Waals surface area (Å²) in [5, 5.41) is 3.83. The number of halogens is 2. The number of carbonyl (C=O) groups is 1. The van der Waals surface area contributed by atoms with Crippen LogP contribution in [0.15, 0.2) is 21.6 Å². The zero-order valence-corrected chi connectivity index (χ0v) is 13.4. The molecule has 1 N–H and O–H groups in total. The van der Waals surface area contributed by atoms with Crippen molar-refractivity contribution in [2.75, 3.05) is 18.9 Å². The number of thioether (sulfide) groups is 1. The quantitative estimate of drug-likeness (QED) is 0.898. The van der Waals surface area contributed by atoms with E-state index in [2.05, 4.69) is 26.2 Å². The Balaban J connectivity index is 1.93. The van der Waals surface area contributed by atoms with Crippen LogP contribution in [-0.4, -0.2) is 30.0 Å². The van der Waals surface area contributed by atoms with E-state index in [1.807, 2.05) is 13.0 Å². The van der Waals surface area contributed by atoms with Crippen molar-refractivity contribution in [3.63, 3.8) is 0 Å². The molecule has 1 aromatic rings. The Hall–Kier alpha value is -0.720. The lowest BCUT2D eigenvalue weighted by Crippen LogP contribution is -2.32. The van der Waals surface area contributed by atoms with Crippen LogP contribution in [0.1, 0.15) is 5.56 Å². The molecule has 0 fully saturated rings. The number of aliphatic imine (C=N–C) groups is 1. The Bertz CT molecular complexity index is 513. The van der Waals surface area contributed by atoms with Crippen LogP contribution in [-0.2, 0) is 4.79 Å². The first kappa shape index (κ1) is 14.7. The van der Waals surface area contributed by atoms with Crippen molar-refractivity contribution in [3.05, 3.63) is 27.2 Å². The van der Waals surface area contributed by atoms with Crippen LogP contribution in [0.4, 0.5) is 0 Å². The monoisotopic (exact) mass is 362 g/mol. The maximum Gasteiger partial charge on any atom is 0.263 e. The average molecular weight is 364 g/mol. The molecule has 0 saturated carbocycles. The fourth-order valence-corrected chi connectivity index (χ4v) is 3.35. The highest BCUT2D eigenvalue weighted by atomic mass is 79.9. The minimum absolute atomic E-state index is 0.0816. The van der Waals surface area contributed by atoms with E-state index in [1.54, 1.807) is 6.07 Å². The number of amidine groups is 1. The molecule has 0 saturated heterocycles. The second kappa shape index (κ2) is 6.63. The van der Waals surface area contributed by atoms with Crippen LogP contribution in [0.3, 0.4) is 0 Å². The van der Waals surface area contributed by atoms with Crippen molar-refractivity contribution in [1.29, 1.82) is 0 Å². The summed E-state index contributed by atoms with van der Waals surface area (Å²) in [5.74, 6) is 1.21. The minimum Gasteiger partial charge on any atom is -0.482 e. The van der Waals surface area contributed by atoms with E-state index in [1.165, 1.54) is 11.8 Å². The van der Waals surface area contributed by atoms with Gasteiger partial charge in [0.2, 0.25) is 0 Å². The van der Waals surface area contributed by atoms with Gasteiger partial charge in [-0.05, 0) is 24.6 Å². The molecule has 102 valence electrons. The average Bonchev–Trinajstić information content (AvgIpc) is 2.80. The molecule has 0 aromatic heterocycles. The lowest BCUT2D eigenvalue weighted by atomic mass is 10.2. The summed E-state index contributed by atoms with van der Waals surface area (Å²) in [7, 11) is 0. The van der Waals surface area contributed by atoms with E-state index < -0.39 is 0 Å². The van der Waals surface area contributed by atoms with E-state index in [-0.39, 0.29) is 12.5 Å². The molecule has 0 spiro atoms. The SMILES string of the molecule is Cc1cc(Br)cc(Cl)c1OCC(=O)NC1=NCCS1. The van der Waals surface area contributed by atoms with Gasteiger partial charge in [-0.3, -0.25) is 9.79 Å². The van der Waals surface area contributed by atoms with Crippen LogP contribution >= 0.6 is 39.3 Å². The van der Waals surface area contributed by atoms with Gasteiger partial charge in [0.05, 0.1) is 11.6 Å². The molecule has 1 aliphatic heterocycles. The third-order valence-corrected chi connectivity index (χ3v) is 4.00. The van der Waals surface area contributed by atoms with Crippen LogP contribution in [0.2, 0.25) is 5.02 Å². The number of hydrogen-bond acceptors (Lipinski definition) is 4. The number of ether oxygens (including phenoxy) is 1. The number of aryl methyl sites for hydroxylation is 1. The highest BCUT2D eigenvalue weighted by Gasteiger charge is 2.13. The number of nitrogens with zero attached hydrogens (tertiary/aromatic N) is 1. The highest BCUT2D eigenvalue weighted by Crippen LogP contribution is 2.31. The molecule has 0 unspecified atom stereocenters. The van der Waals surface area contributed by atoms with E-state index in [9.17, 15) is 4.79 Å². The fourth-order valence-electron chi connectivity index (χ4n) is 1.58. The molecule has 0 radical (unpaired) electrons. The van der Waals surface area contributed by atoms with Gasteiger partial charge in [0.15, 0.2) is 11.8 Å². The molecule has 7 heteroatoms. The summed E-state index contributed by atoms with van der Waals surface area (Å²) in [4.78, 5) is 15.8. The van der Waals surface area contributed by atoms with Crippen LogP contribution in [0, 0.1) is 6.92 Å². The Morgan fingerprint density at radius 3 is 3.05 bits per heavy atom. The summed E-state index contributed by atoms with van der Waals surface area (Å²) in [6.07, 6.45) is 0. The normalized spacial score (nSPS) is 14.2. The third kappa shape index (κ3) is 4.12. The molecule has 0 atom stereocenters. The number of hydrogen-bond donors (Lipinski definition) is 1. The second-order valence-electron chi connectivity index (χ2n) is 3.91. The molecular formula is C12H12BrClN2O2S. The molecule has 1 aromatic carbocycles. The van der Waals surface area contributed by atoms with Crippen molar-refractivity contribution in [3.8, 4) is 5.75 Å². The lowest BCUT2D eigenvalue weighted by molar-refractivity contribution is -0.121. The minimum atomic E-state index is -0.230. The summed E-state index contributed by atoms with van der Waals surface area (Å²) in [5.41, 5.74) is 0.875. The molecule has 1 aliphatic rings. The second-order valence-corrected chi connectivity index (χ2v) is 6.31. The summed E-state index contributed by atoms with van der Waals surface area (Å²) >= 11 is 11.0. The van der Waals surface area contributed by atoms with Crippen LogP contribution in [0.25, 0.3) is 0 Å². The smallest absolute Gasteiger partial charge is 0.263 e. The standard InChI is InChI=1S/C12H12BrClN2O2S/c1-7-4-8(13)5-9(14)11(7)18-6-10(17)16-12-15-2-3-19-12/h4-5H,2-3,6H2,1H3,(H,15,16,17). The van der Waals surface area contributed by atoms with Gasteiger partial charge in [0.1, 0.15) is 5.75 Å². The van der Waals surface area contributed by atoms with Crippen molar-refractivity contribution < 1.29 is 9.53 Å². The van der Waals surface area contributed by atoms with Gasteiger partial charge >= 0.3 is 0 Å². The zero-order valence-electron chi connectivity index (χ0n) is 10.2. The topological polar surface area (TPSA) is 50.7 Å². The largest absolute Gasteiger partial charge is 0.482 e. The van der Waals surface area contributed by atoms with Gasteiger partial charge in [-0.1, -0.05) is 39.3 Å². The van der Waals surface area contributed by atoms with Gasteiger partial charge in [-0.25, -0.2) is 0 Å². The highest BCUT2D eigenvalue weighted by molar-refractivity contribution is 9.10. The molecule has 1 heterocycles. The molecule has 2 rings (SSSR count). The first-order chi connectivity index (χ1) is 9.06. The number of benzene rings is 1. The van der Waals surface area contributed by atoms with Crippen molar-refractivity contribution >= 4 is 50.4 Å². The Morgan fingerprint density at radius 2 is 2.42 bits per heavy atom. The molecule has 0 aliphatic carbocycles. The Labute approximate surface area is 129 Å². The molecule has 1 amide bonds. The third-order valence-electron chi connectivity index (χ3n) is 2.37. The van der Waals surface area contributed by atoms with E-state index >= 15 is 0 Å². The summed E-state index contributed by atoms with van der Waals surface area (Å²) in [6, 6.07) is 3.62. The molecule has 0 bridgehead atoms. The number of carbonyl (C=O) groups excluding carboxylic acids is 1. The van der Waals surface area contributed by atoms with Gasteiger partial charge < -0.3 is 10.1 Å². The van der Waals surface area contributed by atoms with Crippen molar-refractivity contribution in [2.24, 2.45) is 4.99 Å². The number of amides is 1. The summed E-state index contributed by atoms with van der Waals surface area (Å²) in [6.45, 7) is 2.54. The summed E-state index contributed by atoms with van der Waals surface area (Å²) < 4.78 is 6.34. The maximum atomic E-state index is 11.7. The molecular weight excluding hydrogens is 352 g/mol. The fraction of sp³-hybridized carbons (Fsp3) is 0.333. The van der Waals surface area contributed by atoms with Gasteiger partial charge in [-0.15, -0.1) is 0 Å². The van der Waals surface area contributed by atoms with Crippen LogP contribution < -0.4 is 10.1 Å². The van der Waals surface area contributed by atoms with E-state index in [4.69, 9.17) is 16.3 Å². The number of nitrogens with one attached hydrogen (secondary N) is 1. The predicted molar refractivity (Wildman–Crippen MR) is 82.3 cm³/mol. The zero-order chi connectivity index (χ0) is 13.8. The van der Waals surface area contributed by atoms with Gasteiger partial charge in [0, 0.05) is 10.2 Å². The predicted octanol–water partition coefficient (Wildman–Crippen LogP) is 3.01. The molecule has 19 heavy (non-hydrogen) atoms. The van der Waals surface area contributed by atoms with Gasteiger partial charge in [0.25, 0.3) is 5.91 Å². The number of rotatable bonds is 3. The van der Waals surface area contributed by atoms with Gasteiger partial charge in [-0.2, -0.15) is 0 Å². The first-order valence-corrected chi connectivity index (χ1v) is 7.77. The first-order valence-electron chi connectivity index (χ1n) is 5.62. The Kier molecular flexibility index (Phi) is 5.13.